The summed E-state index contributed by atoms with van der Waals surface area (Å²) in [5.74, 6) is 1.46. The number of carbonyl (C=O) groups is 1. The van der Waals surface area contributed by atoms with Crippen LogP contribution in [0, 0.1) is 0 Å². The van der Waals surface area contributed by atoms with Gasteiger partial charge in [0.1, 0.15) is 5.82 Å². The zero-order valence-corrected chi connectivity index (χ0v) is 14.9. The minimum atomic E-state index is 0.0160. The molecule has 4 rings (SSSR count). The van der Waals surface area contributed by atoms with E-state index in [0.29, 0.717) is 18.5 Å². The number of nitrogens with one attached hydrogen (secondary N) is 1. The monoisotopic (exact) mass is 342 g/mol. The van der Waals surface area contributed by atoms with Crippen LogP contribution < -0.4 is 5.32 Å². The zero-order valence-electron chi connectivity index (χ0n) is 14.9. The van der Waals surface area contributed by atoms with E-state index < -0.39 is 0 Å². The van der Waals surface area contributed by atoms with E-state index in [1.807, 2.05) is 11.0 Å². The molecule has 1 aromatic heterocycles. The number of nitrogens with zero attached hydrogens (tertiary/aromatic N) is 3. The van der Waals surface area contributed by atoms with Crippen molar-refractivity contribution in [3.8, 4) is 0 Å². The molecule has 2 saturated heterocycles. The second-order valence-corrected chi connectivity index (χ2v) is 7.36. The van der Waals surface area contributed by atoms with Crippen molar-refractivity contribution >= 4 is 17.1 Å². The third kappa shape index (κ3) is 3.11. The van der Waals surface area contributed by atoms with Crippen molar-refractivity contribution in [2.75, 3.05) is 26.2 Å². The molecule has 2 fully saturated rings. The van der Waals surface area contributed by atoms with E-state index in [9.17, 15) is 4.79 Å². The molecule has 1 atom stereocenters. The summed E-state index contributed by atoms with van der Waals surface area (Å²) in [6.45, 7) is 7.24. The highest BCUT2D eigenvalue weighted by molar-refractivity contribution is 5.77. The summed E-state index contributed by atoms with van der Waals surface area (Å²) in [4.78, 5) is 19.0. The summed E-state index contributed by atoms with van der Waals surface area (Å²) in [5, 5.41) is 3.00. The first-order valence-corrected chi connectivity index (χ1v) is 9.24. The first-order chi connectivity index (χ1) is 12.1. The maximum Gasteiger partial charge on any atom is 0.317 e. The maximum absolute atomic E-state index is 12.3. The molecular weight excluding hydrogens is 316 g/mol. The van der Waals surface area contributed by atoms with Crippen LogP contribution in [0.1, 0.15) is 44.5 Å². The van der Waals surface area contributed by atoms with Crippen molar-refractivity contribution in [2.24, 2.45) is 0 Å². The van der Waals surface area contributed by atoms with E-state index in [-0.39, 0.29) is 12.1 Å². The largest absolute Gasteiger partial charge is 0.376 e. The number of rotatable bonds is 4. The summed E-state index contributed by atoms with van der Waals surface area (Å²) < 4.78 is 7.88. The number of hydrogen-bond acceptors (Lipinski definition) is 3. The minimum Gasteiger partial charge on any atom is -0.376 e. The van der Waals surface area contributed by atoms with Gasteiger partial charge < -0.3 is 19.5 Å². The molecule has 0 spiro atoms. The summed E-state index contributed by atoms with van der Waals surface area (Å²) >= 11 is 0. The zero-order chi connectivity index (χ0) is 17.4. The van der Waals surface area contributed by atoms with Gasteiger partial charge in [0.15, 0.2) is 0 Å². The average Bonchev–Trinajstić information content (AvgIpc) is 3.19. The van der Waals surface area contributed by atoms with E-state index in [2.05, 4.69) is 41.9 Å². The Bertz CT molecular complexity index is 758. The van der Waals surface area contributed by atoms with Gasteiger partial charge in [-0.25, -0.2) is 9.78 Å². The summed E-state index contributed by atoms with van der Waals surface area (Å²) in [6, 6.07) is 8.57. The van der Waals surface area contributed by atoms with Gasteiger partial charge in [-0.2, -0.15) is 0 Å². The van der Waals surface area contributed by atoms with Gasteiger partial charge in [-0.3, -0.25) is 0 Å². The van der Waals surface area contributed by atoms with Gasteiger partial charge in [0.2, 0.25) is 0 Å². The molecule has 6 nitrogen and oxygen atoms in total. The Labute approximate surface area is 148 Å². The van der Waals surface area contributed by atoms with Gasteiger partial charge in [-0.15, -0.1) is 0 Å². The summed E-state index contributed by atoms with van der Waals surface area (Å²) in [5.41, 5.74) is 2.20. The SMILES string of the molecule is CC(C)c1nc2ccccc2n1C1CN(C(=O)NCC2CCCO2)C1. The molecule has 134 valence electrons. The number of imidazole rings is 1. The highest BCUT2D eigenvalue weighted by atomic mass is 16.5. The molecule has 2 aliphatic heterocycles. The number of aromatic nitrogens is 2. The fourth-order valence-electron chi connectivity index (χ4n) is 3.76. The van der Waals surface area contributed by atoms with Crippen LogP contribution >= 0.6 is 0 Å². The van der Waals surface area contributed by atoms with E-state index in [0.717, 1.165) is 49.4 Å². The lowest BCUT2D eigenvalue weighted by atomic mass is 10.1. The molecule has 0 bridgehead atoms. The first kappa shape index (κ1) is 16.4. The third-order valence-electron chi connectivity index (χ3n) is 5.16. The smallest absolute Gasteiger partial charge is 0.317 e. The van der Waals surface area contributed by atoms with Crippen LogP contribution in [0.25, 0.3) is 11.0 Å². The van der Waals surface area contributed by atoms with Gasteiger partial charge in [0, 0.05) is 32.2 Å². The second kappa shape index (κ2) is 6.67. The molecule has 0 aliphatic carbocycles. The summed E-state index contributed by atoms with van der Waals surface area (Å²) in [6.07, 6.45) is 2.32. The van der Waals surface area contributed by atoms with Crippen molar-refractivity contribution in [3.05, 3.63) is 30.1 Å². The lowest BCUT2D eigenvalue weighted by molar-refractivity contribution is 0.0986. The molecule has 2 aromatic rings. The molecule has 6 heteroatoms. The van der Waals surface area contributed by atoms with Crippen LogP contribution in [-0.2, 0) is 4.74 Å². The second-order valence-electron chi connectivity index (χ2n) is 7.36. The number of para-hydroxylation sites is 2. The highest BCUT2D eigenvalue weighted by Crippen LogP contribution is 2.31. The van der Waals surface area contributed by atoms with Gasteiger partial charge in [0.25, 0.3) is 0 Å². The predicted octanol–water partition coefficient (Wildman–Crippen LogP) is 2.91. The Balaban J connectivity index is 1.42. The van der Waals surface area contributed by atoms with Crippen LogP contribution in [0.3, 0.4) is 0 Å². The molecule has 1 unspecified atom stereocenters. The van der Waals surface area contributed by atoms with Crippen LogP contribution in [0.5, 0.6) is 0 Å². The predicted molar refractivity (Wildman–Crippen MR) is 96.8 cm³/mol. The Morgan fingerprint density at radius 1 is 1.36 bits per heavy atom. The molecule has 25 heavy (non-hydrogen) atoms. The van der Waals surface area contributed by atoms with Gasteiger partial charge in [-0.1, -0.05) is 26.0 Å². The van der Waals surface area contributed by atoms with E-state index in [1.165, 1.54) is 0 Å². The van der Waals surface area contributed by atoms with Gasteiger partial charge in [0.05, 0.1) is 23.2 Å². The number of ether oxygens (including phenoxy) is 1. The summed E-state index contributed by atoms with van der Waals surface area (Å²) in [7, 11) is 0. The number of urea groups is 1. The molecule has 2 amide bonds. The molecule has 1 aromatic carbocycles. The number of hydrogen-bond donors (Lipinski definition) is 1. The molecule has 0 saturated carbocycles. The van der Waals surface area contributed by atoms with Crippen molar-refractivity contribution in [2.45, 2.75) is 44.8 Å². The van der Waals surface area contributed by atoms with Crippen LogP contribution in [-0.4, -0.2) is 52.8 Å². The number of amides is 2. The maximum atomic E-state index is 12.3. The Kier molecular flexibility index (Phi) is 4.37. The fraction of sp³-hybridized carbons (Fsp3) is 0.579. The minimum absolute atomic E-state index is 0.0160. The molecule has 2 aliphatic rings. The van der Waals surface area contributed by atoms with E-state index in [1.54, 1.807) is 0 Å². The van der Waals surface area contributed by atoms with Crippen LogP contribution in [0.15, 0.2) is 24.3 Å². The Morgan fingerprint density at radius 2 is 2.16 bits per heavy atom. The van der Waals surface area contributed by atoms with Gasteiger partial charge in [-0.05, 0) is 25.0 Å². The highest BCUT2D eigenvalue weighted by Gasteiger charge is 2.34. The molecule has 1 N–H and O–H groups in total. The Hall–Kier alpha value is -2.08. The molecule has 0 radical (unpaired) electrons. The number of fused-ring (bicyclic) bond motifs is 1. The van der Waals surface area contributed by atoms with E-state index >= 15 is 0 Å². The lowest BCUT2D eigenvalue weighted by Gasteiger charge is -2.41. The van der Waals surface area contributed by atoms with Crippen molar-refractivity contribution < 1.29 is 9.53 Å². The standard InChI is InChI=1S/C19H26N4O2/c1-13(2)18-21-16-7-3-4-8-17(16)23(18)14-11-22(12-14)19(24)20-10-15-6-5-9-25-15/h3-4,7-8,13-15H,5-6,9-12H2,1-2H3,(H,20,24). The van der Waals surface area contributed by atoms with Crippen LogP contribution in [0.2, 0.25) is 0 Å². The Morgan fingerprint density at radius 3 is 2.88 bits per heavy atom. The fourth-order valence-corrected chi connectivity index (χ4v) is 3.76. The number of carbonyl (C=O) groups excluding carboxylic acids is 1. The van der Waals surface area contributed by atoms with Crippen LogP contribution in [0.4, 0.5) is 4.79 Å². The average molecular weight is 342 g/mol. The number of likely N-dealkylation sites (tertiary alicyclic amines) is 1. The van der Waals surface area contributed by atoms with Crippen molar-refractivity contribution in [3.63, 3.8) is 0 Å². The topological polar surface area (TPSA) is 59.4 Å². The quantitative estimate of drug-likeness (QED) is 0.929. The molecule has 3 heterocycles. The van der Waals surface area contributed by atoms with Crippen molar-refractivity contribution in [1.82, 2.24) is 19.8 Å². The van der Waals surface area contributed by atoms with E-state index in [4.69, 9.17) is 9.72 Å². The van der Waals surface area contributed by atoms with Gasteiger partial charge >= 0.3 is 6.03 Å². The normalized spacial score (nSPS) is 21.1. The number of benzene rings is 1. The third-order valence-corrected chi connectivity index (χ3v) is 5.16. The molecular formula is C19H26N4O2. The first-order valence-electron chi connectivity index (χ1n) is 9.24. The van der Waals surface area contributed by atoms with Crippen molar-refractivity contribution in [1.29, 1.82) is 0 Å². The lowest BCUT2D eigenvalue weighted by Crippen LogP contribution is -2.55.